The molecule has 0 fully saturated rings. The van der Waals surface area contributed by atoms with E-state index in [-0.39, 0.29) is 0 Å². The normalized spacial score (nSPS) is 20.9. The van der Waals surface area contributed by atoms with Crippen molar-refractivity contribution in [2.75, 3.05) is 7.11 Å². The van der Waals surface area contributed by atoms with Crippen molar-refractivity contribution in [2.45, 2.75) is 31.3 Å². The van der Waals surface area contributed by atoms with Crippen molar-refractivity contribution in [3.63, 3.8) is 0 Å². The van der Waals surface area contributed by atoms with Gasteiger partial charge in [-0.05, 0) is 47.7 Å². The third-order valence-corrected chi connectivity index (χ3v) is 4.49. The minimum atomic E-state index is -0.730. The van der Waals surface area contributed by atoms with E-state index in [2.05, 4.69) is 18.2 Å². The monoisotopic (exact) mass is 302 g/mol. The van der Waals surface area contributed by atoms with Crippen LogP contribution in [0.4, 0.5) is 0 Å². The van der Waals surface area contributed by atoms with Crippen LogP contribution in [0.1, 0.15) is 23.1 Å². The first-order valence-corrected chi connectivity index (χ1v) is 7.59. The standard InChI is InChI=1S/C18H19ClO2/c1-21-17-7-6-16(19)10-15(17)12-18(20)9-8-13-4-2-3-5-14(13)11-18/h2-7,10,20H,8-9,11-12H2,1H3. The summed E-state index contributed by atoms with van der Waals surface area (Å²) in [4.78, 5) is 0. The Morgan fingerprint density at radius 3 is 2.71 bits per heavy atom. The molecule has 0 aromatic heterocycles. The van der Waals surface area contributed by atoms with E-state index >= 15 is 0 Å². The van der Waals surface area contributed by atoms with Crippen molar-refractivity contribution in [3.8, 4) is 5.75 Å². The van der Waals surface area contributed by atoms with Crippen LogP contribution in [0, 0.1) is 0 Å². The molecule has 21 heavy (non-hydrogen) atoms. The Labute approximate surface area is 130 Å². The van der Waals surface area contributed by atoms with E-state index in [0.29, 0.717) is 17.9 Å². The highest BCUT2D eigenvalue weighted by molar-refractivity contribution is 6.30. The van der Waals surface area contributed by atoms with Crippen LogP contribution in [-0.2, 0) is 19.3 Å². The molecule has 1 aliphatic rings. The fraction of sp³-hybridized carbons (Fsp3) is 0.333. The molecule has 2 nitrogen and oxygen atoms in total. The zero-order valence-corrected chi connectivity index (χ0v) is 12.9. The van der Waals surface area contributed by atoms with Gasteiger partial charge >= 0.3 is 0 Å². The van der Waals surface area contributed by atoms with Gasteiger partial charge in [0.1, 0.15) is 5.75 Å². The molecular formula is C18H19ClO2. The second-order valence-corrected chi connectivity index (χ2v) is 6.24. The van der Waals surface area contributed by atoms with Gasteiger partial charge in [-0.25, -0.2) is 0 Å². The number of fused-ring (bicyclic) bond motifs is 1. The maximum Gasteiger partial charge on any atom is 0.122 e. The van der Waals surface area contributed by atoms with Crippen molar-refractivity contribution in [3.05, 3.63) is 64.2 Å². The van der Waals surface area contributed by atoms with Crippen molar-refractivity contribution >= 4 is 11.6 Å². The summed E-state index contributed by atoms with van der Waals surface area (Å²) in [6, 6.07) is 13.9. The van der Waals surface area contributed by atoms with Gasteiger partial charge in [0, 0.05) is 17.9 Å². The molecular weight excluding hydrogens is 284 g/mol. The fourth-order valence-electron chi connectivity index (χ4n) is 3.17. The summed E-state index contributed by atoms with van der Waals surface area (Å²) in [5.74, 6) is 0.784. The van der Waals surface area contributed by atoms with E-state index in [1.165, 1.54) is 11.1 Å². The third kappa shape index (κ3) is 3.07. The Hall–Kier alpha value is -1.51. The minimum absolute atomic E-state index is 0.561. The lowest BCUT2D eigenvalue weighted by Gasteiger charge is -2.34. The van der Waals surface area contributed by atoms with Gasteiger partial charge in [0.15, 0.2) is 0 Å². The summed E-state index contributed by atoms with van der Waals surface area (Å²) in [5, 5.41) is 11.7. The lowest BCUT2D eigenvalue weighted by molar-refractivity contribution is 0.0262. The molecule has 3 rings (SSSR count). The average molecular weight is 303 g/mol. The van der Waals surface area contributed by atoms with Gasteiger partial charge < -0.3 is 9.84 Å². The van der Waals surface area contributed by atoms with Crippen LogP contribution in [0.15, 0.2) is 42.5 Å². The number of methoxy groups -OCH3 is 1. The molecule has 0 heterocycles. The lowest BCUT2D eigenvalue weighted by atomic mass is 9.77. The predicted octanol–water partition coefficient (Wildman–Crippen LogP) is 3.81. The summed E-state index contributed by atoms with van der Waals surface area (Å²) in [6.07, 6.45) is 2.92. The number of halogens is 1. The van der Waals surface area contributed by atoms with E-state index in [1.54, 1.807) is 7.11 Å². The topological polar surface area (TPSA) is 29.5 Å². The van der Waals surface area contributed by atoms with Crippen LogP contribution in [0.2, 0.25) is 5.02 Å². The van der Waals surface area contributed by atoms with Crippen LogP contribution in [0.5, 0.6) is 5.75 Å². The Morgan fingerprint density at radius 2 is 1.95 bits per heavy atom. The van der Waals surface area contributed by atoms with Gasteiger partial charge in [-0.2, -0.15) is 0 Å². The Balaban J connectivity index is 1.87. The number of rotatable bonds is 3. The molecule has 0 bridgehead atoms. The largest absolute Gasteiger partial charge is 0.496 e. The molecule has 0 aliphatic heterocycles. The molecule has 0 radical (unpaired) electrons. The molecule has 110 valence electrons. The summed E-state index contributed by atoms with van der Waals surface area (Å²) in [5.41, 5.74) is 2.83. The third-order valence-electron chi connectivity index (χ3n) is 4.26. The Bertz CT molecular complexity index is 653. The summed E-state index contributed by atoms with van der Waals surface area (Å²) in [7, 11) is 1.65. The molecule has 1 aliphatic carbocycles. The highest BCUT2D eigenvalue weighted by Gasteiger charge is 2.33. The maximum atomic E-state index is 11.0. The molecule has 0 amide bonds. The van der Waals surface area contributed by atoms with E-state index in [9.17, 15) is 5.11 Å². The van der Waals surface area contributed by atoms with Gasteiger partial charge in [0.05, 0.1) is 12.7 Å². The number of ether oxygens (including phenoxy) is 1. The first-order valence-electron chi connectivity index (χ1n) is 7.21. The average Bonchev–Trinajstić information content (AvgIpc) is 2.47. The first-order chi connectivity index (χ1) is 10.1. The highest BCUT2D eigenvalue weighted by Crippen LogP contribution is 2.34. The van der Waals surface area contributed by atoms with E-state index in [1.807, 2.05) is 24.3 Å². The number of aryl methyl sites for hydroxylation is 1. The summed E-state index contributed by atoms with van der Waals surface area (Å²) < 4.78 is 5.39. The van der Waals surface area contributed by atoms with Crippen LogP contribution in [0.3, 0.4) is 0 Å². The number of benzene rings is 2. The maximum absolute atomic E-state index is 11.0. The van der Waals surface area contributed by atoms with Crippen molar-refractivity contribution in [1.29, 1.82) is 0 Å². The van der Waals surface area contributed by atoms with Gasteiger partial charge in [-0.15, -0.1) is 0 Å². The van der Waals surface area contributed by atoms with E-state index < -0.39 is 5.60 Å². The summed E-state index contributed by atoms with van der Waals surface area (Å²) in [6.45, 7) is 0. The van der Waals surface area contributed by atoms with Gasteiger partial charge in [-0.1, -0.05) is 35.9 Å². The zero-order chi connectivity index (χ0) is 14.9. The van der Waals surface area contributed by atoms with Gasteiger partial charge in [-0.3, -0.25) is 0 Å². The van der Waals surface area contributed by atoms with Crippen molar-refractivity contribution in [1.82, 2.24) is 0 Å². The molecule has 3 heteroatoms. The zero-order valence-electron chi connectivity index (χ0n) is 12.1. The second kappa shape index (κ2) is 5.70. The van der Waals surface area contributed by atoms with E-state index in [0.717, 1.165) is 24.2 Å². The van der Waals surface area contributed by atoms with Crippen LogP contribution < -0.4 is 4.74 Å². The molecule has 0 spiro atoms. The molecule has 1 N–H and O–H groups in total. The molecule has 1 atom stereocenters. The highest BCUT2D eigenvalue weighted by atomic mass is 35.5. The molecule has 0 saturated heterocycles. The summed E-state index contributed by atoms with van der Waals surface area (Å²) >= 11 is 6.08. The Kier molecular flexibility index (Phi) is 3.92. The predicted molar refractivity (Wildman–Crippen MR) is 85.1 cm³/mol. The van der Waals surface area contributed by atoms with Gasteiger partial charge in [0.25, 0.3) is 0 Å². The SMILES string of the molecule is COc1ccc(Cl)cc1CC1(O)CCc2ccccc2C1. The lowest BCUT2D eigenvalue weighted by Crippen LogP contribution is -2.38. The second-order valence-electron chi connectivity index (χ2n) is 5.80. The Morgan fingerprint density at radius 1 is 1.19 bits per heavy atom. The molecule has 0 saturated carbocycles. The van der Waals surface area contributed by atoms with Crippen LogP contribution >= 0.6 is 11.6 Å². The molecule has 2 aromatic rings. The minimum Gasteiger partial charge on any atom is -0.496 e. The van der Waals surface area contributed by atoms with E-state index in [4.69, 9.17) is 16.3 Å². The van der Waals surface area contributed by atoms with Gasteiger partial charge in [0.2, 0.25) is 0 Å². The van der Waals surface area contributed by atoms with Crippen LogP contribution in [-0.4, -0.2) is 17.8 Å². The fourth-order valence-corrected chi connectivity index (χ4v) is 3.37. The van der Waals surface area contributed by atoms with Crippen LogP contribution in [0.25, 0.3) is 0 Å². The molecule has 2 aromatic carbocycles. The smallest absolute Gasteiger partial charge is 0.122 e. The first kappa shape index (κ1) is 14.4. The quantitative estimate of drug-likeness (QED) is 0.934. The number of hydrogen-bond donors (Lipinski definition) is 1. The van der Waals surface area contributed by atoms with Crippen molar-refractivity contribution in [2.24, 2.45) is 0 Å². The van der Waals surface area contributed by atoms with Crippen molar-refractivity contribution < 1.29 is 9.84 Å². The molecule has 1 unspecified atom stereocenters. The number of aliphatic hydroxyl groups is 1. The number of hydrogen-bond acceptors (Lipinski definition) is 2.